The van der Waals surface area contributed by atoms with E-state index in [1.54, 1.807) is 41.9 Å². The minimum atomic E-state index is -1.22. The Kier molecular flexibility index (Phi) is 6.28. The van der Waals surface area contributed by atoms with E-state index in [9.17, 15) is 14.4 Å². The predicted octanol–water partition coefficient (Wildman–Crippen LogP) is 2.73. The molecule has 1 aliphatic carbocycles. The highest BCUT2D eigenvalue weighted by Gasteiger charge is 2.55. The number of ether oxygens (including phenoxy) is 1. The summed E-state index contributed by atoms with van der Waals surface area (Å²) in [6, 6.07) is 7.14. The largest absolute Gasteiger partial charge is 0.497 e. The van der Waals surface area contributed by atoms with Gasteiger partial charge in [0.05, 0.1) is 18.2 Å². The van der Waals surface area contributed by atoms with Crippen molar-refractivity contribution >= 4 is 17.7 Å². The number of methoxy groups -OCH3 is 1. The molecule has 8 nitrogen and oxygen atoms in total. The van der Waals surface area contributed by atoms with Gasteiger partial charge < -0.3 is 9.64 Å². The molecular formula is C25H32N4O4. The lowest BCUT2D eigenvalue weighted by Crippen LogP contribution is -2.45. The lowest BCUT2D eigenvalue weighted by molar-refractivity contribution is -0.144. The van der Waals surface area contributed by atoms with Gasteiger partial charge in [0.25, 0.3) is 0 Å². The molecule has 0 N–H and O–H groups in total. The highest BCUT2D eigenvalue weighted by Crippen LogP contribution is 2.43. The Hall–Kier alpha value is -3.16. The predicted molar refractivity (Wildman–Crippen MR) is 122 cm³/mol. The van der Waals surface area contributed by atoms with E-state index in [2.05, 4.69) is 5.10 Å². The van der Waals surface area contributed by atoms with Crippen molar-refractivity contribution in [3.63, 3.8) is 0 Å². The molecule has 33 heavy (non-hydrogen) atoms. The third-order valence-electron chi connectivity index (χ3n) is 7.06. The van der Waals surface area contributed by atoms with Gasteiger partial charge >= 0.3 is 0 Å². The van der Waals surface area contributed by atoms with Crippen molar-refractivity contribution < 1.29 is 19.1 Å². The Balaban J connectivity index is 1.66. The Bertz CT molecular complexity index is 1070. The first kappa shape index (κ1) is 23.0. The first-order valence-electron chi connectivity index (χ1n) is 11.5. The van der Waals surface area contributed by atoms with Crippen molar-refractivity contribution in [2.75, 3.05) is 14.2 Å². The van der Waals surface area contributed by atoms with Crippen molar-refractivity contribution in [2.45, 2.75) is 63.5 Å². The van der Waals surface area contributed by atoms with Crippen LogP contribution < -0.4 is 4.74 Å². The average molecular weight is 453 g/mol. The van der Waals surface area contributed by atoms with Crippen LogP contribution in [0.1, 0.15) is 55.3 Å². The molecule has 3 amide bonds. The van der Waals surface area contributed by atoms with E-state index in [1.165, 1.54) is 4.90 Å². The number of benzene rings is 1. The number of nitrogens with zero attached hydrogens (tertiary/aromatic N) is 4. The second-order valence-electron chi connectivity index (χ2n) is 9.34. The second kappa shape index (κ2) is 9.00. The van der Waals surface area contributed by atoms with Crippen LogP contribution in [-0.4, -0.2) is 57.5 Å². The van der Waals surface area contributed by atoms with Gasteiger partial charge in [0.15, 0.2) is 0 Å². The fraction of sp³-hybridized carbons (Fsp3) is 0.520. The molecule has 2 aromatic rings. The van der Waals surface area contributed by atoms with Gasteiger partial charge in [-0.1, -0.05) is 25.0 Å². The van der Waals surface area contributed by atoms with Crippen LogP contribution in [0.25, 0.3) is 0 Å². The normalized spacial score (nSPS) is 21.2. The number of hydrogen-bond donors (Lipinski definition) is 0. The summed E-state index contributed by atoms with van der Waals surface area (Å²) in [7, 11) is 5.13. The number of hydrogen-bond acceptors (Lipinski definition) is 5. The van der Waals surface area contributed by atoms with Gasteiger partial charge in [-0.25, -0.2) is 0 Å². The number of carbonyl (C=O) groups is 3. The summed E-state index contributed by atoms with van der Waals surface area (Å²) in [6.45, 7) is 2.30. The Morgan fingerprint density at radius 1 is 1.27 bits per heavy atom. The molecule has 1 aliphatic heterocycles. The van der Waals surface area contributed by atoms with E-state index in [1.807, 2.05) is 26.2 Å². The molecule has 1 saturated carbocycles. The minimum Gasteiger partial charge on any atom is -0.497 e. The van der Waals surface area contributed by atoms with Crippen LogP contribution in [0.4, 0.5) is 0 Å². The molecule has 2 aliphatic rings. The zero-order valence-electron chi connectivity index (χ0n) is 19.8. The van der Waals surface area contributed by atoms with E-state index >= 15 is 0 Å². The Morgan fingerprint density at radius 2 is 2.00 bits per heavy atom. The molecule has 8 heteroatoms. The molecule has 0 radical (unpaired) electrons. The van der Waals surface area contributed by atoms with E-state index in [0.717, 1.165) is 36.9 Å². The van der Waals surface area contributed by atoms with Crippen LogP contribution in [-0.2, 0) is 33.4 Å². The van der Waals surface area contributed by atoms with Crippen LogP contribution in [0.15, 0.2) is 30.5 Å². The maximum Gasteiger partial charge on any atom is 0.241 e. The highest BCUT2D eigenvalue weighted by atomic mass is 16.5. The molecule has 1 atom stereocenters. The van der Waals surface area contributed by atoms with Gasteiger partial charge in [0.2, 0.25) is 17.7 Å². The molecule has 2 fully saturated rings. The van der Waals surface area contributed by atoms with Crippen LogP contribution in [0.2, 0.25) is 0 Å². The molecule has 1 unspecified atom stereocenters. The number of aromatic nitrogens is 2. The van der Waals surface area contributed by atoms with E-state index in [4.69, 9.17) is 4.74 Å². The topological polar surface area (TPSA) is 84.7 Å². The molecule has 1 saturated heterocycles. The van der Waals surface area contributed by atoms with Crippen LogP contribution in [0.3, 0.4) is 0 Å². The average Bonchev–Trinajstić information content (AvgIpc) is 3.47. The molecule has 4 rings (SSSR count). The lowest BCUT2D eigenvalue weighted by Gasteiger charge is -2.30. The quantitative estimate of drug-likeness (QED) is 0.603. The van der Waals surface area contributed by atoms with Crippen molar-refractivity contribution in [2.24, 2.45) is 7.05 Å². The summed E-state index contributed by atoms with van der Waals surface area (Å²) >= 11 is 0. The number of carbonyl (C=O) groups excluding carboxylic acids is 3. The Labute approximate surface area is 194 Å². The standard InChI is InChI=1S/C25H32N4O4/c1-17-18(16-28(3)26-17)15-27(2)22(30)13-25(19-8-7-11-21(12-19)33-4)14-23(31)29(24(25)32)20-9-5-6-10-20/h7-8,11-12,16,20H,5-6,9-10,13-15H2,1-4H3. The summed E-state index contributed by atoms with van der Waals surface area (Å²) in [5.41, 5.74) is 1.24. The monoisotopic (exact) mass is 452 g/mol. The van der Waals surface area contributed by atoms with Crippen LogP contribution >= 0.6 is 0 Å². The molecule has 1 aromatic carbocycles. The Morgan fingerprint density at radius 3 is 2.64 bits per heavy atom. The zero-order chi connectivity index (χ0) is 23.8. The van der Waals surface area contributed by atoms with Gasteiger partial charge in [0.1, 0.15) is 5.75 Å². The van der Waals surface area contributed by atoms with Gasteiger partial charge in [-0.15, -0.1) is 0 Å². The fourth-order valence-corrected chi connectivity index (χ4v) is 5.22. The summed E-state index contributed by atoms with van der Waals surface area (Å²) in [5, 5.41) is 4.34. The number of aryl methyl sites for hydroxylation is 2. The first-order chi connectivity index (χ1) is 15.7. The van der Waals surface area contributed by atoms with Gasteiger partial charge in [0, 0.05) is 51.3 Å². The molecule has 0 spiro atoms. The number of likely N-dealkylation sites (tertiary alicyclic amines) is 1. The van der Waals surface area contributed by atoms with E-state index in [0.29, 0.717) is 17.9 Å². The third kappa shape index (κ3) is 4.26. The fourth-order valence-electron chi connectivity index (χ4n) is 5.22. The highest BCUT2D eigenvalue weighted by molar-refractivity contribution is 6.11. The summed E-state index contributed by atoms with van der Waals surface area (Å²) in [6.07, 6.45) is 5.52. The number of amides is 3. The van der Waals surface area contributed by atoms with E-state index < -0.39 is 5.41 Å². The van der Waals surface area contributed by atoms with E-state index in [-0.39, 0.29) is 36.6 Å². The van der Waals surface area contributed by atoms with Crippen LogP contribution in [0.5, 0.6) is 5.75 Å². The summed E-state index contributed by atoms with van der Waals surface area (Å²) < 4.78 is 7.10. The van der Waals surface area contributed by atoms with Crippen molar-refractivity contribution in [3.05, 3.63) is 47.3 Å². The number of rotatable bonds is 7. The molecule has 2 heterocycles. The SMILES string of the molecule is COc1cccc(C2(CC(=O)N(C)Cc3cn(C)nc3C)CC(=O)N(C3CCCC3)C2=O)c1. The molecule has 1 aromatic heterocycles. The summed E-state index contributed by atoms with van der Waals surface area (Å²) in [5.74, 6) is -0.0334. The van der Waals surface area contributed by atoms with Crippen LogP contribution in [0, 0.1) is 6.92 Å². The molecular weight excluding hydrogens is 420 g/mol. The van der Waals surface area contributed by atoms with Gasteiger partial charge in [-0.05, 0) is 37.5 Å². The molecule has 176 valence electrons. The van der Waals surface area contributed by atoms with Crippen molar-refractivity contribution in [1.29, 1.82) is 0 Å². The minimum absolute atomic E-state index is 0.000993. The smallest absolute Gasteiger partial charge is 0.241 e. The first-order valence-corrected chi connectivity index (χ1v) is 11.5. The molecule has 0 bridgehead atoms. The van der Waals surface area contributed by atoms with Crippen molar-refractivity contribution in [3.8, 4) is 5.75 Å². The summed E-state index contributed by atoms with van der Waals surface area (Å²) in [4.78, 5) is 43.5. The second-order valence-corrected chi connectivity index (χ2v) is 9.34. The lowest BCUT2D eigenvalue weighted by atomic mass is 9.75. The van der Waals surface area contributed by atoms with Crippen molar-refractivity contribution in [1.82, 2.24) is 19.6 Å². The maximum atomic E-state index is 13.9. The maximum absolute atomic E-state index is 13.9. The zero-order valence-corrected chi connectivity index (χ0v) is 19.8. The number of imide groups is 1. The van der Waals surface area contributed by atoms with Gasteiger partial charge in [-0.3, -0.25) is 24.0 Å². The third-order valence-corrected chi connectivity index (χ3v) is 7.06. The van der Waals surface area contributed by atoms with Gasteiger partial charge in [-0.2, -0.15) is 5.10 Å².